The molecule has 0 saturated carbocycles. The number of thiophene rings is 1. The summed E-state index contributed by atoms with van der Waals surface area (Å²) in [6, 6.07) is 2.44. The van der Waals surface area contributed by atoms with E-state index in [-0.39, 0.29) is 38.7 Å². The predicted octanol–water partition coefficient (Wildman–Crippen LogP) is 7.16. The summed E-state index contributed by atoms with van der Waals surface area (Å²) < 4.78 is 37.0. The van der Waals surface area contributed by atoms with Gasteiger partial charge in [-0.15, -0.1) is 11.3 Å². The molecule has 2 aliphatic rings. The van der Waals surface area contributed by atoms with Crippen LogP contribution in [0.4, 0.5) is 13.8 Å². The smallest absolute Gasteiger partial charge is 0.136 e. The lowest BCUT2D eigenvalue weighted by molar-refractivity contribution is 0.134. The third-order valence-electron chi connectivity index (χ3n) is 7.75. The second kappa shape index (κ2) is 13.1. The van der Waals surface area contributed by atoms with Crippen LogP contribution in [0.2, 0.25) is 0 Å². The summed E-state index contributed by atoms with van der Waals surface area (Å²) in [6.45, 7) is 11.9. The van der Waals surface area contributed by atoms with Gasteiger partial charge in [0, 0.05) is 42.0 Å². The fourth-order valence-electron chi connectivity index (χ4n) is 5.72. The van der Waals surface area contributed by atoms with Crippen molar-refractivity contribution in [3.05, 3.63) is 74.2 Å². The van der Waals surface area contributed by atoms with E-state index in [1.165, 1.54) is 6.08 Å². The van der Waals surface area contributed by atoms with Crippen LogP contribution in [0.3, 0.4) is 0 Å². The molecule has 1 aromatic carbocycles. The van der Waals surface area contributed by atoms with Gasteiger partial charge < -0.3 is 20.3 Å². The Morgan fingerprint density at radius 3 is 2.71 bits per heavy atom. The third-order valence-corrected chi connectivity index (χ3v) is 8.77. The molecule has 0 spiro atoms. The van der Waals surface area contributed by atoms with Crippen molar-refractivity contribution in [1.29, 1.82) is 5.26 Å². The molecule has 4 rings (SSSR count). The molecule has 218 valence electrons. The molecule has 3 heterocycles. The van der Waals surface area contributed by atoms with Gasteiger partial charge in [0.25, 0.3) is 0 Å². The summed E-state index contributed by atoms with van der Waals surface area (Å²) >= 11 is 0.964. The highest BCUT2D eigenvalue weighted by Crippen LogP contribution is 2.45. The number of nitrogens with two attached hydrogens (primary N) is 1. The zero-order valence-corrected chi connectivity index (χ0v) is 25.4. The van der Waals surface area contributed by atoms with E-state index in [1.807, 2.05) is 0 Å². The molecule has 0 bridgehead atoms. The number of unbranched alkanes of at least 4 members (excludes halogenated alkanes) is 1. The molecule has 2 N–H and O–H groups in total. The number of likely N-dealkylation sites (tertiary alicyclic amines) is 1. The van der Waals surface area contributed by atoms with Gasteiger partial charge in [0.1, 0.15) is 28.5 Å². The molecule has 1 unspecified atom stereocenters. The van der Waals surface area contributed by atoms with Crippen molar-refractivity contribution in [3.8, 4) is 6.07 Å². The van der Waals surface area contributed by atoms with Gasteiger partial charge in [0.2, 0.25) is 0 Å². The normalized spacial score (nSPS) is 17.6. The van der Waals surface area contributed by atoms with Crippen molar-refractivity contribution in [2.75, 3.05) is 32.9 Å². The molecule has 0 radical (unpaired) electrons. The largest absolute Gasteiger partial charge is 0.389 e. The Bertz CT molecular complexity index is 1460. The predicted molar refractivity (Wildman–Crippen MR) is 165 cm³/mol. The van der Waals surface area contributed by atoms with Crippen molar-refractivity contribution in [2.24, 2.45) is 4.99 Å². The van der Waals surface area contributed by atoms with Gasteiger partial charge >= 0.3 is 0 Å². The van der Waals surface area contributed by atoms with E-state index in [1.54, 1.807) is 20.1 Å². The highest BCUT2D eigenvalue weighted by Gasteiger charge is 2.31. The summed E-state index contributed by atoms with van der Waals surface area (Å²) in [7, 11) is 4.17. The number of aliphatic imine (C=N–C) groups is 1. The Kier molecular flexibility index (Phi) is 9.80. The molecule has 2 aliphatic heterocycles. The maximum absolute atomic E-state index is 16.3. The van der Waals surface area contributed by atoms with E-state index < -0.39 is 11.6 Å². The fraction of sp³-hybridized carbons (Fsp3) is 0.438. The van der Waals surface area contributed by atoms with Crippen molar-refractivity contribution >= 4 is 34.0 Å². The number of allylic oxidation sites excluding steroid dienone is 2. The number of halogens is 2. The number of benzene rings is 1. The highest BCUT2D eigenvalue weighted by molar-refractivity contribution is 7.17. The van der Waals surface area contributed by atoms with Crippen LogP contribution in [0, 0.1) is 24.1 Å². The van der Waals surface area contributed by atoms with Crippen LogP contribution in [0.1, 0.15) is 83.4 Å². The minimum atomic E-state index is -0.533. The quantitative estimate of drug-likeness (QED) is 0.302. The molecule has 9 heteroatoms. The first-order valence-electron chi connectivity index (χ1n) is 14.1. The van der Waals surface area contributed by atoms with Crippen molar-refractivity contribution < 1.29 is 13.5 Å². The zero-order valence-electron chi connectivity index (χ0n) is 24.6. The molecule has 6 nitrogen and oxygen atoms in total. The number of hydrogen-bond donors (Lipinski definition) is 1. The first kappa shape index (κ1) is 30.6. The maximum atomic E-state index is 16.3. The topological polar surface area (TPSA) is 77.9 Å². The molecular weight excluding hydrogens is 540 g/mol. The van der Waals surface area contributed by atoms with E-state index in [9.17, 15) is 9.65 Å². The lowest BCUT2D eigenvalue weighted by Crippen LogP contribution is -2.36. The fourth-order valence-corrected chi connectivity index (χ4v) is 6.73. The van der Waals surface area contributed by atoms with Crippen molar-refractivity contribution in [1.82, 2.24) is 9.80 Å². The lowest BCUT2D eigenvalue weighted by Gasteiger charge is -2.29. The molecule has 41 heavy (non-hydrogen) atoms. The standard InChI is InChI=1S/C32H39F2N5OS/c1-7-9-12-27(39-13-10-11-21(39)16-38(5)6)37-15-23-19(3)30(34)28(25-18-40-17-24(23)25)20(4)29-22(14-35)32(36)41-31(29)26(33)8-2/h8,12,15,21H,4,7,9-11,13,16-18,36H2,1-3,5-6H3/b26-8+,27-12-,37-15-. The van der Waals surface area contributed by atoms with Crippen LogP contribution in [-0.2, 0) is 18.0 Å². The molecule has 2 aromatic rings. The van der Waals surface area contributed by atoms with Gasteiger partial charge in [-0.3, -0.25) is 0 Å². The highest BCUT2D eigenvalue weighted by atomic mass is 32.1. The number of nitrogen functional groups attached to an aromatic ring is 1. The summed E-state index contributed by atoms with van der Waals surface area (Å²) in [5.74, 6) is -0.100. The van der Waals surface area contributed by atoms with Crippen LogP contribution in [0.25, 0.3) is 11.4 Å². The van der Waals surface area contributed by atoms with E-state index in [4.69, 9.17) is 15.5 Å². The molecule has 0 aliphatic carbocycles. The Labute approximate surface area is 246 Å². The summed E-state index contributed by atoms with van der Waals surface area (Å²) in [6.07, 6.45) is 9.36. The van der Waals surface area contributed by atoms with Crippen molar-refractivity contribution in [2.45, 2.75) is 65.7 Å². The van der Waals surface area contributed by atoms with Crippen LogP contribution in [0.5, 0.6) is 0 Å². The molecule has 1 saturated heterocycles. The summed E-state index contributed by atoms with van der Waals surface area (Å²) in [5, 5.41) is 9.98. The Morgan fingerprint density at radius 1 is 1.32 bits per heavy atom. The van der Waals surface area contributed by atoms with Gasteiger partial charge in [-0.05, 0) is 75.5 Å². The molecule has 1 aromatic heterocycles. The van der Waals surface area contributed by atoms with Crippen LogP contribution < -0.4 is 5.73 Å². The van der Waals surface area contributed by atoms with Crippen LogP contribution in [0.15, 0.2) is 29.5 Å². The van der Waals surface area contributed by atoms with Crippen LogP contribution >= 0.6 is 11.3 Å². The minimum absolute atomic E-state index is 0.103. The Balaban J connectivity index is 1.80. The molecular formula is C32H39F2N5OS. The van der Waals surface area contributed by atoms with Gasteiger partial charge in [-0.1, -0.05) is 26.0 Å². The minimum Gasteiger partial charge on any atom is -0.389 e. The van der Waals surface area contributed by atoms with E-state index in [0.29, 0.717) is 29.3 Å². The van der Waals surface area contributed by atoms with Gasteiger partial charge in [-0.25, -0.2) is 13.8 Å². The number of nitrogens with zero attached hydrogens (tertiary/aromatic N) is 4. The average Bonchev–Trinajstić information content (AvgIpc) is 3.68. The van der Waals surface area contributed by atoms with E-state index in [0.717, 1.165) is 61.5 Å². The first-order valence-corrected chi connectivity index (χ1v) is 14.9. The number of rotatable bonds is 10. The SMILES string of the molecule is C=C(c1c(/C(F)=C\C)sc(N)c1C#N)c1c(F)c(C)c(/C=N\C(=C\CCC)N2CCCC2CN(C)C)c2c1COC2. The zero-order chi connectivity index (χ0) is 29.8. The average molecular weight is 580 g/mol. The number of fused-ring (bicyclic) bond motifs is 1. The van der Waals surface area contributed by atoms with Gasteiger partial charge in [0.15, 0.2) is 0 Å². The summed E-state index contributed by atoms with van der Waals surface area (Å²) in [5.41, 5.74) is 9.42. The number of hydrogen-bond acceptors (Lipinski definition) is 7. The van der Waals surface area contributed by atoms with E-state index >= 15 is 4.39 Å². The van der Waals surface area contributed by atoms with Crippen LogP contribution in [-0.4, -0.2) is 49.2 Å². The number of likely N-dealkylation sites (N-methyl/N-ethyl adjacent to an activating group) is 1. The molecule has 1 fully saturated rings. The Morgan fingerprint density at radius 2 is 2.05 bits per heavy atom. The number of nitriles is 1. The second-order valence-electron chi connectivity index (χ2n) is 10.8. The van der Waals surface area contributed by atoms with Crippen molar-refractivity contribution in [3.63, 3.8) is 0 Å². The second-order valence-corrected chi connectivity index (χ2v) is 11.9. The third kappa shape index (κ3) is 6.01. The number of anilines is 1. The van der Waals surface area contributed by atoms with Gasteiger partial charge in [0.05, 0.1) is 23.7 Å². The monoisotopic (exact) mass is 579 g/mol. The Hall–Kier alpha value is -3.32. The van der Waals surface area contributed by atoms with E-state index in [2.05, 4.69) is 49.5 Å². The maximum Gasteiger partial charge on any atom is 0.136 e. The lowest BCUT2D eigenvalue weighted by atomic mass is 9.86. The molecule has 1 atom stereocenters. The van der Waals surface area contributed by atoms with Gasteiger partial charge in [-0.2, -0.15) is 5.26 Å². The summed E-state index contributed by atoms with van der Waals surface area (Å²) in [4.78, 5) is 9.69. The number of ether oxygens (including phenoxy) is 1. The first-order chi connectivity index (χ1) is 19.6. The molecule has 0 amide bonds.